The first-order valence-electron chi connectivity index (χ1n) is 7.32. The van der Waals surface area contributed by atoms with Gasteiger partial charge >= 0.3 is 0 Å². The van der Waals surface area contributed by atoms with Crippen molar-refractivity contribution in [1.29, 1.82) is 0 Å². The Hall–Kier alpha value is -2.69. The van der Waals surface area contributed by atoms with Crippen molar-refractivity contribution in [1.82, 2.24) is 5.32 Å². The third-order valence-corrected chi connectivity index (χ3v) is 3.26. The molecule has 2 rings (SSSR count). The van der Waals surface area contributed by atoms with E-state index in [1.807, 2.05) is 32.0 Å². The summed E-state index contributed by atoms with van der Waals surface area (Å²) in [5.74, 6) is -1.23. The molecule has 120 valence electrons. The molecule has 4 nitrogen and oxygen atoms in total. The Morgan fingerprint density at radius 1 is 1.00 bits per heavy atom. The Kier molecular flexibility index (Phi) is 5.46. The zero-order chi connectivity index (χ0) is 16.8. The van der Waals surface area contributed by atoms with E-state index in [-0.39, 0.29) is 18.8 Å². The number of carbonyl (C=O) groups excluding carboxylic acids is 2. The van der Waals surface area contributed by atoms with E-state index in [1.165, 1.54) is 6.07 Å². The lowest BCUT2D eigenvalue weighted by molar-refractivity contribution is -0.126. The van der Waals surface area contributed by atoms with Gasteiger partial charge in [0.2, 0.25) is 11.8 Å². The first kappa shape index (κ1) is 16.7. The summed E-state index contributed by atoms with van der Waals surface area (Å²) in [7, 11) is 0. The first-order valence-corrected chi connectivity index (χ1v) is 7.32. The smallest absolute Gasteiger partial charge is 0.233 e. The number of rotatable bonds is 5. The van der Waals surface area contributed by atoms with Crippen LogP contribution in [0.25, 0.3) is 0 Å². The van der Waals surface area contributed by atoms with Gasteiger partial charge in [-0.2, -0.15) is 0 Å². The molecule has 2 amide bonds. The van der Waals surface area contributed by atoms with E-state index < -0.39 is 11.8 Å². The topological polar surface area (TPSA) is 58.2 Å². The molecule has 2 aromatic rings. The Morgan fingerprint density at radius 2 is 1.65 bits per heavy atom. The average Bonchev–Trinajstić information content (AvgIpc) is 2.45. The van der Waals surface area contributed by atoms with E-state index in [0.717, 1.165) is 11.1 Å². The molecule has 0 spiro atoms. The lowest BCUT2D eigenvalue weighted by atomic mass is 10.1. The SMILES string of the molecule is Cc1cc(C)cc(NC(=O)CC(=O)NCc2ccccc2F)c1. The minimum Gasteiger partial charge on any atom is -0.351 e. The summed E-state index contributed by atoms with van der Waals surface area (Å²) in [6.07, 6.45) is -0.304. The van der Waals surface area contributed by atoms with Crippen LogP contribution >= 0.6 is 0 Å². The highest BCUT2D eigenvalue weighted by Crippen LogP contribution is 2.14. The molecule has 0 fully saturated rings. The van der Waals surface area contributed by atoms with E-state index in [4.69, 9.17) is 0 Å². The molecule has 2 aromatic carbocycles. The molecule has 2 N–H and O–H groups in total. The number of amides is 2. The Balaban J connectivity index is 1.85. The monoisotopic (exact) mass is 314 g/mol. The van der Waals surface area contributed by atoms with Crippen LogP contribution in [0.5, 0.6) is 0 Å². The van der Waals surface area contributed by atoms with Gasteiger partial charge in [0.05, 0.1) is 0 Å². The van der Waals surface area contributed by atoms with Crippen LogP contribution in [0.15, 0.2) is 42.5 Å². The van der Waals surface area contributed by atoms with Crippen molar-refractivity contribution in [3.05, 3.63) is 65.0 Å². The van der Waals surface area contributed by atoms with Crippen LogP contribution < -0.4 is 10.6 Å². The standard InChI is InChI=1S/C18H19FN2O2/c1-12-7-13(2)9-15(8-12)21-18(23)10-17(22)20-11-14-5-3-4-6-16(14)19/h3-9H,10-11H2,1-2H3,(H,20,22)(H,21,23). The lowest BCUT2D eigenvalue weighted by Gasteiger charge is -2.08. The fraction of sp³-hybridized carbons (Fsp3) is 0.222. The molecule has 0 aliphatic heterocycles. The van der Waals surface area contributed by atoms with Crippen molar-refractivity contribution < 1.29 is 14.0 Å². The van der Waals surface area contributed by atoms with Crippen molar-refractivity contribution in [2.24, 2.45) is 0 Å². The maximum atomic E-state index is 13.4. The highest BCUT2D eigenvalue weighted by molar-refractivity contribution is 6.03. The van der Waals surface area contributed by atoms with E-state index >= 15 is 0 Å². The van der Waals surface area contributed by atoms with Crippen LogP contribution in [0.2, 0.25) is 0 Å². The van der Waals surface area contributed by atoms with E-state index in [9.17, 15) is 14.0 Å². The van der Waals surface area contributed by atoms with Crippen LogP contribution in [0.3, 0.4) is 0 Å². The molecule has 0 saturated heterocycles. The van der Waals surface area contributed by atoms with Gasteiger partial charge in [0, 0.05) is 17.8 Å². The number of carbonyl (C=O) groups is 2. The quantitative estimate of drug-likeness (QED) is 0.833. The molecular formula is C18H19FN2O2. The summed E-state index contributed by atoms with van der Waals surface area (Å²) >= 11 is 0. The number of aryl methyl sites for hydroxylation is 2. The van der Waals surface area contributed by atoms with Gasteiger partial charge in [-0.15, -0.1) is 0 Å². The molecule has 0 bridgehead atoms. The van der Waals surface area contributed by atoms with Crippen molar-refractivity contribution in [2.45, 2.75) is 26.8 Å². The Morgan fingerprint density at radius 3 is 2.30 bits per heavy atom. The average molecular weight is 314 g/mol. The van der Waals surface area contributed by atoms with Crippen molar-refractivity contribution in [2.75, 3.05) is 5.32 Å². The predicted molar refractivity (Wildman–Crippen MR) is 87.4 cm³/mol. The summed E-state index contributed by atoms with van der Waals surface area (Å²) in [4.78, 5) is 23.6. The van der Waals surface area contributed by atoms with Crippen LogP contribution in [-0.4, -0.2) is 11.8 Å². The number of hydrogen-bond donors (Lipinski definition) is 2. The van der Waals surface area contributed by atoms with Crippen molar-refractivity contribution in [3.8, 4) is 0 Å². The molecule has 23 heavy (non-hydrogen) atoms. The summed E-state index contributed by atoms with van der Waals surface area (Å²) in [5, 5.41) is 5.23. The molecule has 0 heterocycles. The number of halogens is 1. The Bertz CT molecular complexity index is 708. The second kappa shape index (κ2) is 7.54. The van der Waals surface area contributed by atoms with Gasteiger partial charge < -0.3 is 10.6 Å². The normalized spacial score (nSPS) is 10.2. The summed E-state index contributed by atoms with van der Waals surface area (Å²) in [5.41, 5.74) is 3.11. The summed E-state index contributed by atoms with van der Waals surface area (Å²) < 4.78 is 13.4. The fourth-order valence-electron chi connectivity index (χ4n) is 2.30. The largest absolute Gasteiger partial charge is 0.351 e. The molecule has 0 atom stereocenters. The Labute approximate surface area is 134 Å². The number of anilines is 1. The van der Waals surface area contributed by atoms with Gasteiger partial charge in [0.25, 0.3) is 0 Å². The van der Waals surface area contributed by atoms with Crippen LogP contribution in [-0.2, 0) is 16.1 Å². The molecule has 0 saturated carbocycles. The van der Waals surface area contributed by atoms with Gasteiger partial charge in [-0.1, -0.05) is 24.3 Å². The number of hydrogen-bond acceptors (Lipinski definition) is 2. The highest BCUT2D eigenvalue weighted by Gasteiger charge is 2.10. The third kappa shape index (κ3) is 5.21. The number of benzene rings is 2. The molecule has 0 aliphatic carbocycles. The van der Waals surface area contributed by atoms with Crippen LogP contribution in [0.4, 0.5) is 10.1 Å². The third-order valence-electron chi connectivity index (χ3n) is 3.26. The molecule has 0 aromatic heterocycles. The fourth-order valence-corrected chi connectivity index (χ4v) is 2.30. The van der Waals surface area contributed by atoms with Gasteiger partial charge in [0.1, 0.15) is 12.2 Å². The van der Waals surface area contributed by atoms with Crippen molar-refractivity contribution in [3.63, 3.8) is 0 Å². The predicted octanol–water partition coefficient (Wildman–Crippen LogP) is 3.09. The van der Waals surface area contributed by atoms with Gasteiger partial charge in [-0.3, -0.25) is 9.59 Å². The second-order valence-corrected chi connectivity index (χ2v) is 5.47. The van der Waals surface area contributed by atoms with Crippen LogP contribution in [0, 0.1) is 19.7 Å². The zero-order valence-corrected chi connectivity index (χ0v) is 13.2. The van der Waals surface area contributed by atoms with E-state index in [0.29, 0.717) is 11.3 Å². The molecule has 0 aliphatic rings. The van der Waals surface area contributed by atoms with Gasteiger partial charge in [-0.25, -0.2) is 4.39 Å². The first-order chi connectivity index (χ1) is 10.9. The van der Waals surface area contributed by atoms with Crippen molar-refractivity contribution >= 4 is 17.5 Å². The highest BCUT2D eigenvalue weighted by atomic mass is 19.1. The lowest BCUT2D eigenvalue weighted by Crippen LogP contribution is -2.28. The summed E-state index contributed by atoms with van der Waals surface area (Å²) in [6.45, 7) is 3.93. The zero-order valence-electron chi connectivity index (χ0n) is 13.2. The molecule has 0 radical (unpaired) electrons. The molecular weight excluding hydrogens is 295 g/mol. The maximum absolute atomic E-state index is 13.4. The molecule has 0 unspecified atom stereocenters. The molecule has 5 heteroatoms. The van der Waals surface area contributed by atoms with E-state index in [1.54, 1.807) is 18.2 Å². The maximum Gasteiger partial charge on any atom is 0.233 e. The van der Waals surface area contributed by atoms with Gasteiger partial charge in [0.15, 0.2) is 0 Å². The van der Waals surface area contributed by atoms with Crippen LogP contribution in [0.1, 0.15) is 23.1 Å². The number of nitrogens with one attached hydrogen (secondary N) is 2. The second-order valence-electron chi connectivity index (χ2n) is 5.47. The van der Waals surface area contributed by atoms with E-state index in [2.05, 4.69) is 10.6 Å². The minimum atomic E-state index is -0.449. The summed E-state index contributed by atoms with van der Waals surface area (Å²) in [6, 6.07) is 11.9. The van der Waals surface area contributed by atoms with Gasteiger partial charge in [-0.05, 0) is 43.2 Å². The minimum absolute atomic E-state index is 0.0579.